The summed E-state index contributed by atoms with van der Waals surface area (Å²) in [7, 11) is -3.76. The standard InChI is InChI=1S/C11H15BrClN3O3S/c1-7(2)11(17)14-3-4-16-20(18,19)9-5-8(12)6-15-10(9)13/h5-7,16H,3-4H2,1-2H3,(H,14,17). The lowest BCUT2D eigenvalue weighted by molar-refractivity contribution is -0.123. The molecule has 2 N–H and O–H groups in total. The molecule has 1 amide bonds. The zero-order valence-corrected chi connectivity index (χ0v) is 14.1. The van der Waals surface area contributed by atoms with Crippen LogP contribution in [-0.2, 0) is 14.8 Å². The van der Waals surface area contributed by atoms with Crippen LogP contribution in [0.4, 0.5) is 0 Å². The number of nitrogens with one attached hydrogen (secondary N) is 2. The lowest BCUT2D eigenvalue weighted by Gasteiger charge is -2.10. The molecule has 0 spiro atoms. The third kappa shape index (κ3) is 5.01. The summed E-state index contributed by atoms with van der Waals surface area (Å²) >= 11 is 8.90. The van der Waals surface area contributed by atoms with Gasteiger partial charge < -0.3 is 5.32 Å². The first-order valence-corrected chi connectivity index (χ1v) is 8.48. The quantitative estimate of drug-likeness (QED) is 0.575. The van der Waals surface area contributed by atoms with Crippen molar-refractivity contribution in [3.05, 3.63) is 21.9 Å². The molecule has 20 heavy (non-hydrogen) atoms. The first-order chi connectivity index (χ1) is 9.24. The van der Waals surface area contributed by atoms with Crippen LogP contribution in [0.1, 0.15) is 13.8 Å². The van der Waals surface area contributed by atoms with E-state index in [4.69, 9.17) is 11.6 Å². The number of carbonyl (C=O) groups is 1. The molecule has 0 radical (unpaired) electrons. The van der Waals surface area contributed by atoms with Crippen molar-refractivity contribution in [2.75, 3.05) is 13.1 Å². The van der Waals surface area contributed by atoms with Crippen molar-refractivity contribution in [3.63, 3.8) is 0 Å². The highest BCUT2D eigenvalue weighted by atomic mass is 79.9. The lowest BCUT2D eigenvalue weighted by atomic mass is 10.2. The Kier molecular flexibility index (Phi) is 6.38. The summed E-state index contributed by atoms with van der Waals surface area (Å²) in [5.74, 6) is -0.276. The van der Waals surface area contributed by atoms with Crippen LogP contribution in [0.15, 0.2) is 21.6 Å². The normalized spacial score (nSPS) is 11.7. The summed E-state index contributed by atoms with van der Waals surface area (Å²) in [5.41, 5.74) is 0. The number of amides is 1. The van der Waals surface area contributed by atoms with Crippen molar-refractivity contribution in [1.29, 1.82) is 0 Å². The second-order valence-electron chi connectivity index (χ2n) is 4.29. The maximum absolute atomic E-state index is 12.0. The maximum Gasteiger partial charge on any atom is 0.243 e. The van der Waals surface area contributed by atoms with Gasteiger partial charge in [0.25, 0.3) is 0 Å². The second kappa shape index (κ2) is 7.35. The van der Waals surface area contributed by atoms with Crippen LogP contribution in [0.5, 0.6) is 0 Å². The van der Waals surface area contributed by atoms with Crippen LogP contribution in [0.25, 0.3) is 0 Å². The van der Waals surface area contributed by atoms with E-state index >= 15 is 0 Å². The van der Waals surface area contributed by atoms with E-state index in [9.17, 15) is 13.2 Å². The number of nitrogens with zero attached hydrogens (tertiary/aromatic N) is 1. The number of pyridine rings is 1. The zero-order chi connectivity index (χ0) is 15.3. The van der Waals surface area contributed by atoms with E-state index in [2.05, 4.69) is 31.0 Å². The van der Waals surface area contributed by atoms with Crippen molar-refractivity contribution in [1.82, 2.24) is 15.0 Å². The van der Waals surface area contributed by atoms with Crippen LogP contribution in [0, 0.1) is 5.92 Å². The third-order valence-corrected chi connectivity index (χ3v) is 4.63. The molecule has 6 nitrogen and oxygen atoms in total. The fourth-order valence-corrected chi connectivity index (χ4v) is 3.22. The second-order valence-corrected chi connectivity index (χ2v) is 7.30. The molecule has 1 rings (SSSR count). The monoisotopic (exact) mass is 383 g/mol. The molecule has 0 fully saturated rings. The SMILES string of the molecule is CC(C)C(=O)NCCNS(=O)(=O)c1cc(Br)cnc1Cl. The molecule has 0 aliphatic heterocycles. The van der Waals surface area contributed by atoms with Gasteiger partial charge in [0, 0.05) is 29.7 Å². The van der Waals surface area contributed by atoms with Crippen molar-refractivity contribution < 1.29 is 13.2 Å². The average Bonchev–Trinajstić information content (AvgIpc) is 2.37. The van der Waals surface area contributed by atoms with Gasteiger partial charge in [-0.05, 0) is 22.0 Å². The summed E-state index contributed by atoms with van der Waals surface area (Å²) < 4.78 is 26.9. The number of sulfonamides is 1. The molecule has 0 saturated heterocycles. The summed E-state index contributed by atoms with van der Waals surface area (Å²) in [5, 5.41) is 2.50. The topological polar surface area (TPSA) is 88.2 Å². The predicted molar refractivity (Wildman–Crippen MR) is 80.0 cm³/mol. The molecule has 0 aliphatic rings. The van der Waals surface area contributed by atoms with Crippen LogP contribution in [0.2, 0.25) is 5.15 Å². The molecular formula is C11H15BrClN3O3S. The highest BCUT2D eigenvalue weighted by Crippen LogP contribution is 2.22. The van der Waals surface area contributed by atoms with E-state index in [1.807, 2.05) is 0 Å². The largest absolute Gasteiger partial charge is 0.355 e. The Balaban J connectivity index is 2.63. The molecule has 1 aromatic heterocycles. The number of halogens is 2. The molecular weight excluding hydrogens is 370 g/mol. The molecule has 0 atom stereocenters. The molecule has 0 saturated carbocycles. The van der Waals surface area contributed by atoms with Crippen LogP contribution < -0.4 is 10.0 Å². The summed E-state index contributed by atoms with van der Waals surface area (Å²) in [6, 6.07) is 1.37. The van der Waals surface area contributed by atoms with Crippen molar-refractivity contribution in [2.24, 2.45) is 5.92 Å². The van der Waals surface area contributed by atoms with Crippen LogP contribution in [0.3, 0.4) is 0 Å². The molecule has 0 aromatic carbocycles. The van der Waals surface area contributed by atoms with Gasteiger partial charge in [0.15, 0.2) is 0 Å². The van der Waals surface area contributed by atoms with E-state index in [0.29, 0.717) is 4.47 Å². The van der Waals surface area contributed by atoms with Crippen molar-refractivity contribution in [3.8, 4) is 0 Å². The number of carbonyl (C=O) groups excluding carboxylic acids is 1. The molecule has 112 valence electrons. The van der Waals surface area contributed by atoms with E-state index in [1.54, 1.807) is 13.8 Å². The Morgan fingerprint density at radius 1 is 1.45 bits per heavy atom. The van der Waals surface area contributed by atoms with Gasteiger partial charge in [-0.15, -0.1) is 0 Å². The van der Waals surface area contributed by atoms with Gasteiger partial charge in [-0.3, -0.25) is 4.79 Å². The predicted octanol–water partition coefficient (Wildman–Crippen LogP) is 1.55. The van der Waals surface area contributed by atoms with Crippen molar-refractivity contribution >= 4 is 43.5 Å². The van der Waals surface area contributed by atoms with Gasteiger partial charge in [-0.2, -0.15) is 0 Å². The molecule has 1 aromatic rings. The number of hydrogen-bond acceptors (Lipinski definition) is 4. The van der Waals surface area contributed by atoms with E-state index in [1.165, 1.54) is 12.3 Å². The average molecular weight is 385 g/mol. The molecule has 1 heterocycles. The first kappa shape index (κ1) is 17.4. The fourth-order valence-electron chi connectivity index (χ4n) is 1.25. The van der Waals surface area contributed by atoms with Gasteiger partial charge in [0.05, 0.1) is 0 Å². The summed E-state index contributed by atoms with van der Waals surface area (Å²) in [4.78, 5) is 15.0. The Labute approximate surface area is 131 Å². The van der Waals surface area contributed by atoms with E-state index < -0.39 is 10.0 Å². The molecule has 0 bridgehead atoms. The highest BCUT2D eigenvalue weighted by molar-refractivity contribution is 9.10. The minimum absolute atomic E-state index is 0.0731. The third-order valence-electron chi connectivity index (χ3n) is 2.30. The highest BCUT2D eigenvalue weighted by Gasteiger charge is 2.19. The van der Waals surface area contributed by atoms with Gasteiger partial charge in [0.1, 0.15) is 10.0 Å². The summed E-state index contributed by atoms with van der Waals surface area (Å²) in [6.07, 6.45) is 1.41. The zero-order valence-electron chi connectivity index (χ0n) is 11.0. The van der Waals surface area contributed by atoms with Gasteiger partial charge >= 0.3 is 0 Å². The number of aromatic nitrogens is 1. The Morgan fingerprint density at radius 3 is 2.70 bits per heavy atom. The van der Waals surface area contributed by atoms with E-state index in [-0.39, 0.29) is 35.0 Å². The van der Waals surface area contributed by atoms with Gasteiger partial charge in [-0.25, -0.2) is 18.1 Å². The van der Waals surface area contributed by atoms with E-state index in [0.717, 1.165) is 0 Å². The van der Waals surface area contributed by atoms with Gasteiger partial charge in [0.2, 0.25) is 15.9 Å². The molecule has 0 aliphatic carbocycles. The minimum atomic E-state index is -3.76. The number of rotatable bonds is 6. The fraction of sp³-hybridized carbons (Fsp3) is 0.455. The summed E-state index contributed by atoms with van der Waals surface area (Å²) in [6.45, 7) is 3.79. The van der Waals surface area contributed by atoms with Crippen molar-refractivity contribution in [2.45, 2.75) is 18.7 Å². The Bertz CT molecular complexity index is 593. The minimum Gasteiger partial charge on any atom is -0.355 e. The smallest absolute Gasteiger partial charge is 0.243 e. The Hall–Kier alpha value is -0.700. The maximum atomic E-state index is 12.0. The van der Waals surface area contributed by atoms with Crippen LogP contribution >= 0.6 is 27.5 Å². The molecule has 9 heteroatoms. The van der Waals surface area contributed by atoms with Gasteiger partial charge in [-0.1, -0.05) is 25.4 Å². The lowest BCUT2D eigenvalue weighted by Crippen LogP contribution is -2.36. The van der Waals surface area contributed by atoms with Crippen LogP contribution in [-0.4, -0.2) is 32.4 Å². The Morgan fingerprint density at radius 2 is 2.10 bits per heavy atom. The first-order valence-electron chi connectivity index (χ1n) is 5.82. The molecule has 0 unspecified atom stereocenters. The number of hydrogen-bond donors (Lipinski definition) is 2.